The zero-order chi connectivity index (χ0) is 11.8. The van der Waals surface area contributed by atoms with Crippen LogP contribution in [0.2, 0.25) is 0 Å². The fraction of sp³-hybridized carbons (Fsp3) is 0.923. The summed E-state index contributed by atoms with van der Waals surface area (Å²) in [4.78, 5) is 13.2. The van der Waals surface area contributed by atoms with E-state index in [1.807, 2.05) is 0 Å². The van der Waals surface area contributed by atoms with Gasteiger partial charge in [-0.2, -0.15) is 0 Å². The van der Waals surface area contributed by atoms with Gasteiger partial charge in [0, 0.05) is 6.54 Å². The van der Waals surface area contributed by atoms with E-state index >= 15 is 0 Å². The molecule has 1 heterocycles. The first-order valence-corrected chi connectivity index (χ1v) is 6.49. The lowest BCUT2D eigenvalue weighted by Crippen LogP contribution is -2.39. The van der Waals surface area contributed by atoms with E-state index in [0.29, 0.717) is 11.3 Å². The first kappa shape index (κ1) is 11.9. The van der Waals surface area contributed by atoms with Crippen LogP contribution in [-0.4, -0.2) is 35.6 Å². The van der Waals surface area contributed by atoms with Gasteiger partial charge < -0.3 is 10.0 Å². The normalized spacial score (nSPS) is 33.6. The number of nitrogens with zero attached hydrogens (tertiary/aromatic N) is 1. The summed E-state index contributed by atoms with van der Waals surface area (Å²) in [5.41, 5.74) is 0.534. The van der Waals surface area contributed by atoms with Gasteiger partial charge in [-0.25, -0.2) is 0 Å². The van der Waals surface area contributed by atoms with Crippen molar-refractivity contribution in [1.82, 2.24) is 4.90 Å². The van der Waals surface area contributed by atoms with Crippen molar-refractivity contribution in [3.63, 3.8) is 0 Å². The van der Waals surface area contributed by atoms with Gasteiger partial charge in [-0.1, -0.05) is 20.3 Å². The third-order valence-electron chi connectivity index (χ3n) is 4.65. The number of likely N-dealkylation sites (tertiary alicyclic amines) is 1. The summed E-state index contributed by atoms with van der Waals surface area (Å²) < 4.78 is 0. The molecule has 1 N–H and O–H groups in total. The van der Waals surface area contributed by atoms with Crippen LogP contribution >= 0.6 is 0 Å². The van der Waals surface area contributed by atoms with Gasteiger partial charge in [0.05, 0.1) is 5.92 Å². The lowest BCUT2D eigenvalue weighted by atomic mass is 9.78. The van der Waals surface area contributed by atoms with Crippen LogP contribution < -0.4 is 0 Å². The largest absolute Gasteiger partial charge is 0.481 e. The molecule has 1 saturated carbocycles. The Morgan fingerprint density at radius 1 is 1.44 bits per heavy atom. The van der Waals surface area contributed by atoms with Crippen molar-refractivity contribution in [2.75, 3.05) is 19.6 Å². The molecule has 92 valence electrons. The average Bonchev–Trinajstić information content (AvgIpc) is 3.01. The lowest BCUT2D eigenvalue weighted by Gasteiger charge is -2.39. The van der Waals surface area contributed by atoms with Crippen molar-refractivity contribution in [2.24, 2.45) is 17.3 Å². The first-order valence-electron chi connectivity index (χ1n) is 6.49. The van der Waals surface area contributed by atoms with E-state index in [4.69, 9.17) is 5.11 Å². The van der Waals surface area contributed by atoms with Crippen molar-refractivity contribution in [3.05, 3.63) is 0 Å². The summed E-state index contributed by atoms with van der Waals surface area (Å²) in [6, 6.07) is 0. The Labute approximate surface area is 97.8 Å². The highest BCUT2D eigenvalue weighted by Crippen LogP contribution is 2.41. The van der Waals surface area contributed by atoms with Gasteiger partial charge in [-0.15, -0.1) is 0 Å². The number of carboxylic acid groups (broad SMARTS) is 1. The highest BCUT2D eigenvalue weighted by atomic mass is 16.4. The average molecular weight is 225 g/mol. The maximum absolute atomic E-state index is 10.7. The molecule has 2 atom stereocenters. The summed E-state index contributed by atoms with van der Waals surface area (Å²) in [5.74, 6) is -0.205. The molecule has 0 radical (unpaired) electrons. The molecule has 0 aromatic rings. The quantitative estimate of drug-likeness (QED) is 0.797. The molecule has 0 spiro atoms. The Morgan fingerprint density at radius 3 is 2.50 bits per heavy atom. The van der Waals surface area contributed by atoms with E-state index in [9.17, 15) is 4.79 Å². The van der Waals surface area contributed by atoms with Gasteiger partial charge in [-0.3, -0.25) is 4.79 Å². The predicted molar refractivity (Wildman–Crippen MR) is 63.3 cm³/mol. The molecule has 0 amide bonds. The second kappa shape index (κ2) is 4.36. The number of carboxylic acids is 1. The SMILES string of the molecule is CCC1(C)CCN(CC2CC2C(=O)O)CC1. The Morgan fingerprint density at radius 2 is 2.06 bits per heavy atom. The molecule has 0 aromatic carbocycles. The smallest absolute Gasteiger partial charge is 0.306 e. The van der Waals surface area contributed by atoms with E-state index in [0.717, 1.165) is 26.1 Å². The third-order valence-corrected chi connectivity index (χ3v) is 4.65. The fourth-order valence-corrected chi connectivity index (χ4v) is 2.71. The van der Waals surface area contributed by atoms with Crippen molar-refractivity contribution < 1.29 is 9.90 Å². The van der Waals surface area contributed by atoms with Gasteiger partial charge in [0.2, 0.25) is 0 Å². The number of carbonyl (C=O) groups is 1. The standard InChI is InChI=1S/C13H23NO2/c1-3-13(2)4-6-14(7-5-13)9-10-8-11(10)12(15)16/h10-11H,3-9H2,1-2H3,(H,15,16). The zero-order valence-electron chi connectivity index (χ0n) is 10.4. The van der Waals surface area contributed by atoms with Gasteiger partial charge in [0.15, 0.2) is 0 Å². The summed E-state index contributed by atoms with van der Waals surface area (Å²) in [6.07, 6.45) is 4.71. The molecule has 2 unspecified atom stereocenters. The van der Waals surface area contributed by atoms with Crippen molar-refractivity contribution in [1.29, 1.82) is 0 Å². The maximum Gasteiger partial charge on any atom is 0.306 e. The summed E-state index contributed by atoms with van der Waals surface area (Å²) >= 11 is 0. The summed E-state index contributed by atoms with van der Waals surface area (Å²) in [5, 5.41) is 8.86. The highest BCUT2D eigenvalue weighted by molar-refractivity contribution is 5.73. The van der Waals surface area contributed by atoms with Crippen LogP contribution in [0.15, 0.2) is 0 Å². The fourth-order valence-electron chi connectivity index (χ4n) is 2.71. The van der Waals surface area contributed by atoms with Gasteiger partial charge in [0.25, 0.3) is 0 Å². The van der Waals surface area contributed by atoms with Crippen molar-refractivity contribution in [2.45, 2.75) is 39.5 Å². The molecule has 1 aliphatic heterocycles. The van der Waals surface area contributed by atoms with Gasteiger partial charge in [0.1, 0.15) is 0 Å². The van der Waals surface area contributed by atoms with Crippen LogP contribution in [0.5, 0.6) is 0 Å². The van der Waals surface area contributed by atoms with E-state index in [1.165, 1.54) is 19.3 Å². The Kier molecular flexibility index (Phi) is 3.24. The molecule has 16 heavy (non-hydrogen) atoms. The molecule has 2 rings (SSSR count). The second-order valence-electron chi connectivity index (χ2n) is 5.91. The highest BCUT2D eigenvalue weighted by Gasteiger charge is 2.44. The molecule has 1 aliphatic carbocycles. The van der Waals surface area contributed by atoms with Crippen LogP contribution in [0.25, 0.3) is 0 Å². The van der Waals surface area contributed by atoms with Crippen LogP contribution in [0.1, 0.15) is 39.5 Å². The zero-order valence-corrected chi connectivity index (χ0v) is 10.4. The van der Waals surface area contributed by atoms with Crippen LogP contribution in [0.4, 0.5) is 0 Å². The maximum atomic E-state index is 10.7. The van der Waals surface area contributed by atoms with Gasteiger partial charge in [-0.05, 0) is 43.7 Å². The topological polar surface area (TPSA) is 40.5 Å². The molecule has 0 aromatic heterocycles. The summed E-state index contributed by atoms with van der Waals surface area (Å²) in [6.45, 7) is 7.98. The van der Waals surface area contributed by atoms with Crippen molar-refractivity contribution in [3.8, 4) is 0 Å². The molecular weight excluding hydrogens is 202 g/mol. The summed E-state index contributed by atoms with van der Waals surface area (Å²) in [7, 11) is 0. The van der Waals surface area contributed by atoms with E-state index in [2.05, 4.69) is 18.7 Å². The minimum absolute atomic E-state index is 0.0421. The number of hydrogen-bond acceptors (Lipinski definition) is 2. The molecule has 3 nitrogen and oxygen atoms in total. The van der Waals surface area contributed by atoms with E-state index in [1.54, 1.807) is 0 Å². The Hall–Kier alpha value is -0.570. The second-order valence-corrected chi connectivity index (χ2v) is 5.91. The van der Waals surface area contributed by atoms with Crippen LogP contribution in [-0.2, 0) is 4.79 Å². The minimum Gasteiger partial charge on any atom is -0.481 e. The lowest BCUT2D eigenvalue weighted by molar-refractivity contribution is -0.138. The number of piperidine rings is 1. The van der Waals surface area contributed by atoms with Crippen LogP contribution in [0, 0.1) is 17.3 Å². The third kappa shape index (κ3) is 2.57. The Bertz CT molecular complexity index is 269. The molecular formula is C13H23NO2. The van der Waals surface area contributed by atoms with E-state index < -0.39 is 5.97 Å². The number of rotatable bonds is 4. The van der Waals surface area contributed by atoms with E-state index in [-0.39, 0.29) is 5.92 Å². The number of aliphatic carboxylic acids is 1. The molecule has 0 bridgehead atoms. The predicted octanol–water partition coefficient (Wildman–Crippen LogP) is 2.22. The molecule has 2 aliphatic rings. The van der Waals surface area contributed by atoms with Crippen LogP contribution in [0.3, 0.4) is 0 Å². The number of hydrogen-bond donors (Lipinski definition) is 1. The first-order chi connectivity index (χ1) is 7.54. The molecule has 2 fully saturated rings. The Balaban J connectivity index is 1.73. The molecule has 1 saturated heterocycles. The minimum atomic E-state index is -0.597. The molecule has 3 heteroatoms. The van der Waals surface area contributed by atoms with Gasteiger partial charge >= 0.3 is 5.97 Å². The van der Waals surface area contributed by atoms with Crippen molar-refractivity contribution >= 4 is 5.97 Å². The monoisotopic (exact) mass is 225 g/mol.